The number of rotatable bonds is 9. The number of aliphatic imine (C=N–C) groups is 1. The number of guanidine groups is 1. The summed E-state index contributed by atoms with van der Waals surface area (Å²) in [6.07, 6.45) is 4.38. The minimum atomic E-state index is 0. The third-order valence-corrected chi connectivity index (χ3v) is 4.56. The van der Waals surface area contributed by atoms with Crippen LogP contribution in [0.3, 0.4) is 0 Å². The highest BCUT2D eigenvalue weighted by Gasteiger charge is 2.06. The number of halogens is 2. The van der Waals surface area contributed by atoms with Crippen LogP contribution in [0.25, 0.3) is 0 Å². The van der Waals surface area contributed by atoms with Gasteiger partial charge in [-0.25, -0.2) is 9.97 Å². The van der Waals surface area contributed by atoms with Crippen LogP contribution in [0.1, 0.15) is 18.1 Å². The molecule has 0 aliphatic carbocycles. The number of nitrogens with one attached hydrogen (secondary N) is 2. The summed E-state index contributed by atoms with van der Waals surface area (Å²) in [7, 11) is 1.74. The second-order valence-corrected chi connectivity index (χ2v) is 6.97. The zero-order valence-electron chi connectivity index (χ0n) is 18.0. The fraction of sp³-hybridized carbons (Fsp3) is 0.261. The molecule has 2 aromatic heterocycles. The van der Waals surface area contributed by atoms with Crippen molar-refractivity contribution in [3.63, 3.8) is 0 Å². The van der Waals surface area contributed by atoms with Gasteiger partial charge in [0.05, 0.1) is 6.61 Å². The summed E-state index contributed by atoms with van der Waals surface area (Å²) >= 11 is 5.81. The lowest BCUT2D eigenvalue weighted by molar-refractivity contribution is 0.319. The molecule has 3 aromatic rings. The number of aromatic nitrogens is 2. The Morgan fingerprint density at radius 2 is 1.72 bits per heavy atom. The van der Waals surface area contributed by atoms with Gasteiger partial charge in [0.2, 0.25) is 5.88 Å². The van der Waals surface area contributed by atoms with E-state index in [1.807, 2.05) is 49.4 Å². The van der Waals surface area contributed by atoms with E-state index >= 15 is 0 Å². The molecule has 0 saturated heterocycles. The molecule has 0 aliphatic heterocycles. The Morgan fingerprint density at radius 1 is 0.969 bits per heavy atom. The van der Waals surface area contributed by atoms with Crippen molar-refractivity contribution in [1.29, 1.82) is 0 Å². The molecule has 0 unspecified atom stereocenters. The van der Waals surface area contributed by atoms with Gasteiger partial charge in [0.25, 0.3) is 0 Å². The molecule has 0 saturated carbocycles. The van der Waals surface area contributed by atoms with E-state index in [-0.39, 0.29) is 24.0 Å². The molecular weight excluding hydrogens is 541 g/mol. The first kappa shape index (κ1) is 25.7. The highest BCUT2D eigenvalue weighted by molar-refractivity contribution is 14.0. The number of hydrogen-bond acceptors (Lipinski definition) is 5. The number of hydrogen-bond donors (Lipinski definition) is 2. The maximum Gasteiger partial charge on any atom is 0.219 e. The number of benzene rings is 1. The Balaban J connectivity index is 0.00000363. The molecule has 170 valence electrons. The van der Waals surface area contributed by atoms with Crippen molar-refractivity contribution < 1.29 is 9.47 Å². The number of ether oxygens (including phenoxy) is 2. The van der Waals surface area contributed by atoms with E-state index in [4.69, 9.17) is 21.1 Å². The van der Waals surface area contributed by atoms with Crippen LogP contribution in [0.4, 0.5) is 0 Å². The zero-order chi connectivity index (χ0) is 21.9. The van der Waals surface area contributed by atoms with E-state index in [9.17, 15) is 0 Å². The van der Waals surface area contributed by atoms with Gasteiger partial charge in [-0.05, 0) is 42.7 Å². The van der Waals surface area contributed by atoms with Crippen LogP contribution in [-0.4, -0.2) is 36.1 Å². The van der Waals surface area contributed by atoms with Gasteiger partial charge in [-0.2, -0.15) is 0 Å². The molecule has 9 heteroatoms. The Morgan fingerprint density at radius 3 is 2.38 bits per heavy atom. The van der Waals surface area contributed by atoms with Gasteiger partial charge in [0, 0.05) is 38.6 Å². The van der Waals surface area contributed by atoms with Gasteiger partial charge in [-0.1, -0.05) is 35.9 Å². The molecular formula is C23H27ClIN5O2. The van der Waals surface area contributed by atoms with Crippen molar-refractivity contribution in [2.75, 3.05) is 20.2 Å². The lowest BCUT2D eigenvalue weighted by Gasteiger charge is -2.13. The molecule has 32 heavy (non-hydrogen) atoms. The summed E-state index contributed by atoms with van der Waals surface area (Å²) < 4.78 is 11.4. The van der Waals surface area contributed by atoms with E-state index in [0.717, 1.165) is 24.1 Å². The van der Waals surface area contributed by atoms with Crippen molar-refractivity contribution in [2.45, 2.75) is 19.9 Å². The topological polar surface area (TPSA) is 80.7 Å². The highest BCUT2D eigenvalue weighted by Crippen LogP contribution is 2.30. The number of nitrogens with zero attached hydrogens (tertiary/aromatic N) is 3. The van der Waals surface area contributed by atoms with E-state index in [1.54, 1.807) is 25.5 Å². The van der Waals surface area contributed by atoms with Crippen LogP contribution >= 0.6 is 35.6 Å². The zero-order valence-corrected chi connectivity index (χ0v) is 21.1. The monoisotopic (exact) mass is 567 g/mol. The highest BCUT2D eigenvalue weighted by atomic mass is 127. The normalized spacial score (nSPS) is 10.8. The predicted octanol–water partition coefficient (Wildman–Crippen LogP) is 4.85. The molecule has 2 N–H and O–H groups in total. The Bertz CT molecular complexity index is 984. The molecule has 0 bridgehead atoms. The maximum atomic E-state index is 5.86. The molecule has 0 radical (unpaired) electrons. The van der Waals surface area contributed by atoms with Crippen molar-refractivity contribution in [2.24, 2.45) is 4.99 Å². The fourth-order valence-electron chi connectivity index (χ4n) is 2.78. The summed E-state index contributed by atoms with van der Waals surface area (Å²) in [5.74, 6) is 2.56. The summed E-state index contributed by atoms with van der Waals surface area (Å²) in [5.41, 5.74) is 2.12. The lowest BCUT2D eigenvalue weighted by atomic mass is 10.2. The van der Waals surface area contributed by atoms with Crippen molar-refractivity contribution in [1.82, 2.24) is 20.6 Å². The van der Waals surface area contributed by atoms with Crippen LogP contribution in [0.2, 0.25) is 5.15 Å². The third-order valence-electron chi connectivity index (χ3n) is 4.34. The van der Waals surface area contributed by atoms with E-state index in [1.165, 1.54) is 0 Å². The van der Waals surface area contributed by atoms with Crippen LogP contribution in [-0.2, 0) is 13.0 Å². The summed E-state index contributed by atoms with van der Waals surface area (Å²) in [6, 6.07) is 15.1. The molecule has 0 spiro atoms. The standard InChI is InChI=1S/C23H26ClN5O2.HI/c1-3-30-19-6-4-5-7-20(19)31-22-11-9-18(15-28-22)16-29-23(25-2)26-13-12-17-8-10-21(24)27-14-17;/h4-11,14-15H,3,12-13,16H2,1-2H3,(H2,25,26,29);1H. The second-order valence-electron chi connectivity index (χ2n) is 6.58. The van der Waals surface area contributed by atoms with Crippen molar-refractivity contribution in [3.05, 3.63) is 77.2 Å². The van der Waals surface area contributed by atoms with Crippen molar-refractivity contribution in [3.8, 4) is 17.4 Å². The second kappa shape index (κ2) is 13.7. The molecule has 2 heterocycles. The fourth-order valence-corrected chi connectivity index (χ4v) is 2.90. The lowest BCUT2D eigenvalue weighted by Crippen LogP contribution is -2.37. The van der Waals surface area contributed by atoms with Gasteiger partial charge in [0.1, 0.15) is 5.15 Å². The molecule has 0 aliphatic rings. The molecule has 0 atom stereocenters. The number of pyridine rings is 2. The van der Waals surface area contributed by atoms with Crippen LogP contribution in [0.5, 0.6) is 17.4 Å². The summed E-state index contributed by atoms with van der Waals surface area (Å²) in [4.78, 5) is 12.7. The minimum absolute atomic E-state index is 0. The number of para-hydroxylation sites is 2. The SMILES string of the molecule is CCOc1ccccc1Oc1ccc(CNC(=NC)NCCc2ccc(Cl)nc2)cn1.I. The van der Waals surface area contributed by atoms with Gasteiger partial charge in [0.15, 0.2) is 17.5 Å². The summed E-state index contributed by atoms with van der Waals surface area (Å²) in [6.45, 7) is 3.83. The largest absolute Gasteiger partial charge is 0.490 e. The van der Waals surface area contributed by atoms with Gasteiger partial charge >= 0.3 is 0 Å². The first-order valence-electron chi connectivity index (χ1n) is 10.1. The maximum absolute atomic E-state index is 5.86. The van der Waals surface area contributed by atoms with Crippen molar-refractivity contribution >= 4 is 41.5 Å². The predicted molar refractivity (Wildman–Crippen MR) is 138 cm³/mol. The Hall–Kier alpha value is -2.59. The molecule has 0 fully saturated rings. The first-order chi connectivity index (χ1) is 15.2. The Kier molecular flexibility index (Phi) is 11.0. The summed E-state index contributed by atoms with van der Waals surface area (Å²) in [5, 5.41) is 7.06. The molecule has 7 nitrogen and oxygen atoms in total. The van der Waals surface area contributed by atoms with Gasteiger partial charge in [-0.3, -0.25) is 4.99 Å². The third kappa shape index (κ3) is 8.16. The van der Waals surface area contributed by atoms with Crippen LogP contribution in [0, 0.1) is 0 Å². The van der Waals surface area contributed by atoms with E-state index in [2.05, 4.69) is 25.6 Å². The van der Waals surface area contributed by atoms with Crippen LogP contribution < -0.4 is 20.1 Å². The Labute approximate surface area is 210 Å². The quantitative estimate of drug-likeness (QED) is 0.167. The smallest absolute Gasteiger partial charge is 0.219 e. The molecule has 1 aromatic carbocycles. The molecule has 3 rings (SSSR count). The van der Waals surface area contributed by atoms with E-state index in [0.29, 0.717) is 41.6 Å². The van der Waals surface area contributed by atoms with E-state index < -0.39 is 0 Å². The van der Waals surface area contributed by atoms with Gasteiger partial charge < -0.3 is 20.1 Å². The molecule has 0 amide bonds. The first-order valence-corrected chi connectivity index (χ1v) is 10.4. The average molecular weight is 568 g/mol. The minimum Gasteiger partial charge on any atom is -0.490 e. The van der Waals surface area contributed by atoms with Gasteiger partial charge in [-0.15, -0.1) is 24.0 Å². The van der Waals surface area contributed by atoms with Crippen LogP contribution in [0.15, 0.2) is 65.9 Å². The average Bonchev–Trinajstić information content (AvgIpc) is 2.80.